The summed E-state index contributed by atoms with van der Waals surface area (Å²) >= 11 is 0. The minimum Gasteiger partial charge on any atom is -0.467 e. The maximum Gasteiger partial charge on any atom is 0.330 e. The number of aryl methyl sites for hydroxylation is 1. The van der Waals surface area contributed by atoms with Crippen molar-refractivity contribution in [1.29, 1.82) is 0 Å². The maximum atomic E-state index is 12.4. The lowest BCUT2D eigenvalue weighted by Gasteiger charge is -2.23. The van der Waals surface area contributed by atoms with Crippen LogP contribution in [0.1, 0.15) is 40.3 Å². The molecule has 0 atom stereocenters. The van der Waals surface area contributed by atoms with E-state index >= 15 is 0 Å². The van der Waals surface area contributed by atoms with Gasteiger partial charge >= 0.3 is 5.97 Å². The van der Waals surface area contributed by atoms with E-state index in [9.17, 15) is 14.4 Å². The number of nitrogens with one attached hydrogen (secondary N) is 2. The Labute approximate surface area is 145 Å². The van der Waals surface area contributed by atoms with Crippen molar-refractivity contribution in [3.8, 4) is 0 Å². The zero-order chi connectivity index (χ0) is 18.6. The molecule has 132 valence electrons. The summed E-state index contributed by atoms with van der Waals surface area (Å²) in [5, 5.41) is 5.31. The first-order chi connectivity index (χ1) is 11.7. The fourth-order valence-electron chi connectivity index (χ4n) is 2.15. The second kappa shape index (κ2) is 7.21. The van der Waals surface area contributed by atoms with Gasteiger partial charge in [-0.2, -0.15) is 0 Å². The van der Waals surface area contributed by atoms with Gasteiger partial charge in [0.25, 0.3) is 11.8 Å². The zero-order valence-corrected chi connectivity index (χ0v) is 14.5. The van der Waals surface area contributed by atoms with Gasteiger partial charge in [-0.3, -0.25) is 9.59 Å². The van der Waals surface area contributed by atoms with Gasteiger partial charge in [0.1, 0.15) is 5.54 Å². The number of hydrogen-bond acceptors (Lipinski definition) is 5. The second-order valence-corrected chi connectivity index (χ2v) is 6.03. The molecule has 0 unspecified atom stereocenters. The normalized spacial score (nSPS) is 10.9. The smallest absolute Gasteiger partial charge is 0.330 e. The van der Waals surface area contributed by atoms with Crippen LogP contribution in [0.15, 0.2) is 41.0 Å². The highest BCUT2D eigenvalue weighted by atomic mass is 16.5. The van der Waals surface area contributed by atoms with Crippen LogP contribution in [0.5, 0.6) is 0 Å². The summed E-state index contributed by atoms with van der Waals surface area (Å²) in [5.74, 6) is -1.26. The fraction of sp³-hybridized carbons (Fsp3) is 0.278. The molecule has 2 aromatic rings. The molecule has 0 aliphatic rings. The molecule has 0 saturated heterocycles. The first-order valence-electron chi connectivity index (χ1n) is 7.61. The Morgan fingerprint density at radius 3 is 2.44 bits per heavy atom. The van der Waals surface area contributed by atoms with Crippen LogP contribution >= 0.6 is 0 Å². The molecule has 2 N–H and O–H groups in total. The molecule has 0 spiro atoms. The Hall–Kier alpha value is -3.09. The average Bonchev–Trinajstić information content (AvgIpc) is 3.10. The van der Waals surface area contributed by atoms with E-state index in [0.717, 1.165) is 5.56 Å². The molecular weight excluding hydrogens is 324 g/mol. The van der Waals surface area contributed by atoms with E-state index in [-0.39, 0.29) is 5.76 Å². The van der Waals surface area contributed by atoms with Crippen LogP contribution in [0, 0.1) is 6.92 Å². The third kappa shape index (κ3) is 4.26. The van der Waals surface area contributed by atoms with Crippen molar-refractivity contribution >= 4 is 23.5 Å². The zero-order valence-electron chi connectivity index (χ0n) is 14.5. The van der Waals surface area contributed by atoms with Crippen LogP contribution < -0.4 is 10.6 Å². The third-order valence-electron chi connectivity index (χ3n) is 3.61. The molecule has 7 nitrogen and oxygen atoms in total. The van der Waals surface area contributed by atoms with Gasteiger partial charge in [-0.05, 0) is 50.6 Å². The van der Waals surface area contributed by atoms with E-state index in [2.05, 4.69) is 15.4 Å². The summed E-state index contributed by atoms with van der Waals surface area (Å²) in [6, 6.07) is 8.01. The highest BCUT2D eigenvalue weighted by molar-refractivity contribution is 6.04. The molecule has 1 aromatic carbocycles. The Morgan fingerprint density at radius 2 is 1.84 bits per heavy atom. The summed E-state index contributed by atoms with van der Waals surface area (Å²) in [4.78, 5) is 36.2. The van der Waals surface area contributed by atoms with E-state index in [1.807, 2.05) is 0 Å². The molecule has 1 heterocycles. The molecule has 0 saturated carbocycles. The number of carbonyl (C=O) groups is 3. The van der Waals surface area contributed by atoms with Crippen LogP contribution in [0.4, 0.5) is 5.69 Å². The fourth-order valence-corrected chi connectivity index (χ4v) is 2.15. The maximum absolute atomic E-state index is 12.4. The summed E-state index contributed by atoms with van der Waals surface area (Å²) in [6.07, 6.45) is 1.40. The van der Waals surface area contributed by atoms with E-state index in [0.29, 0.717) is 11.3 Å². The Morgan fingerprint density at radius 1 is 1.12 bits per heavy atom. The van der Waals surface area contributed by atoms with Crippen molar-refractivity contribution in [3.63, 3.8) is 0 Å². The van der Waals surface area contributed by atoms with E-state index in [1.54, 1.807) is 51.1 Å². The number of amides is 2. The monoisotopic (exact) mass is 344 g/mol. The summed E-state index contributed by atoms with van der Waals surface area (Å²) in [5.41, 5.74) is 0.389. The van der Waals surface area contributed by atoms with Crippen LogP contribution in [0.2, 0.25) is 0 Å². The van der Waals surface area contributed by atoms with Gasteiger partial charge in [0.2, 0.25) is 0 Å². The molecule has 0 aliphatic carbocycles. The van der Waals surface area contributed by atoms with Crippen molar-refractivity contribution in [2.45, 2.75) is 26.3 Å². The topological polar surface area (TPSA) is 97.6 Å². The van der Waals surface area contributed by atoms with Gasteiger partial charge in [0.05, 0.1) is 13.4 Å². The molecule has 7 heteroatoms. The number of esters is 1. The SMILES string of the molecule is COC(=O)C(C)(C)NC(=O)c1ccc(C)c(NC(=O)c2ccco2)c1. The minimum atomic E-state index is -1.17. The number of hydrogen-bond donors (Lipinski definition) is 2. The molecule has 2 rings (SSSR count). The quantitative estimate of drug-likeness (QED) is 0.812. The Balaban J connectivity index is 2.19. The van der Waals surface area contributed by atoms with Gasteiger partial charge in [-0.1, -0.05) is 6.07 Å². The predicted molar refractivity (Wildman–Crippen MR) is 91.4 cm³/mol. The van der Waals surface area contributed by atoms with Gasteiger partial charge in [-0.25, -0.2) is 4.79 Å². The number of methoxy groups -OCH3 is 1. The number of ether oxygens (including phenoxy) is 1. The van der Waals surface area contributed by atoms with Crippen molar-refractivity contribution in [1.82, 2.24) is 5.32 Å². The Kier molecular flexibility index (Phi) is 5.26. The van der Waals surface area contributed by atoms with Crippen LogP contribution in [-0.4, -0.2) is 30.4 Å². The van der Waals surface area contributed by atoms with Gasteiger partial charge in [0.15, 0.2) is 5.76 Å². The second-order valence-electron chi connectivity index (χ2n) is 6.03. The molecule has 2 amide bonds. The van der Waals surface area contributed by atoms with Gasteiger partial charge in [0, 0.05) is 11.3 Å². The first kappa shape index (κ1) is 18.3. The van der Waals surface area contributed by atoms with Crippen molar-refractivity contribution < 1.29 is 23.5 Å². The van der Waals surface area contributed by atoms with Crippen molar-refractivity contribution in [2.75, 3.05) is 12.4 Å². The summed E-state index contributed by atoms with van der Waals surface area (Å²) in [6.45, 7) is 4.90. The Bertz CT molecular complexity index is 794. The molecule has 0 bridgehead atoms. The van der Waals surface area contributed by atoms with E-state index in [1.165, 1.54) is 13.4 Å². The molecule has 25 heavy (non-hydrogen) atoms. The highest BCUT2D eigenvalue weighted by Crippen LogP contribution is 2.19. The molecule has 1 aromatic heterocycles. The first-order valence-corrected chi connectivity index (χ1v) is 7.61. The number of furan rings is 1. The lowest BCUT2D eigenvalue weighted by atomic mass is 10.0. The van der Waals surface area contributed by atoms with Gasteiger partial charge < -0.3 is 19.8 Å². The lowest BCUT2D eigenvalue weighted by molar-refractivity contribution is -0.146. The lowest BCUT2D eigenvalue weighted by Crippen LogP contribution is -2.50. The number of rotatable bonds is 5. The van der Waals surface area contributed by atoms with Crippen LogP contribution in [0.25, 0.3) is 0 Å². The summed E-state index contributed by atoms with van der Waals surface area (Å²) < 4.78 is 9.71. The molecule has 0 aliphatic heterocycles. The largest absolute Gasteiger partial charge is 0.467 e. The molecule has 0 radical (unpaired) electrons. The standard InChI is InChI=1S/C18H20N2O5/c1-11-7-8-12(15(21)20-18(2,3)17(23)24-4)10-13(11)19-16(22)14-6-5-9-25-14/h5-10H,1-4H3,(H,19,22)(H,20,21). The van der Waals surface area contributed by atoms with Crippen LogP contribution in [-0.2, 0) is 9.53 Å². The van der Waals surface area contributed by atoms with Crippen LogP contribution in [0.3, 0.4) is 0 Å². The van der Waals surface area contributed by atoms with Crippen molar-refractivity contribution in [3.05, 3.63) is 53.5 Å². The number of carbonyl (C=O) groups excluding carboxylic acids is 3. The predicted octanol–water partition coefficient (Wildman–Crippen LogP) is 2.52. The van der Waals surface area contributed by atoms with E-state index < -0.39 is 23.3 Å². The number of benzene rings is 1. The minimum absolute atomic E-state index is 0.168. The third-order valence-corrected chi connectivity index (χ3v) is 3.61. The van der Waals surface area contributed by atoms with E-state index in [4.69, 9.17) is 4.42 Å². The molecule has 0 fully saturated rings. The number of anilines is 1. The highest BCUT2D eigenvalue weighted by Gasteiger charge is 2.30. The average molecular weight is 344 g/mol. The van der Waals surface area contributed by atoms with Crippen molar-refractivity contribution in [2.24, 2.45) is 0 Å². The van der Waals surface area contributed by atoms with Gasteiger partial charge in [-0.15, -0.1) is 0 Å². The molecular formula is C18H20N2O5. The summed E-state index contributed by atoms with van der Waals surface area (Å²) in [7, 11) is 1.25.